The van der Waals surface area contributed by atoms with Crippen molar-refractivity contribution < 1.29 is 0 Å². The quantitative estimate of drug-likeness (QED) is 0.404. The topological polar surface area (TPSA) is 24.9 Å². The number of hydrogen-bond donors (Lipinski definition) is 1. The number of aromatic nitrogens is 1. The number of nitrogens with zero attached hydrogens (tertiary/aromatic N) is 1. The summed E-state index contributed by atoms with van der Waals surface area (Å²) < 4.78 is 0. The third-order valence-corrected chi connectivity index (χ3v) is 9.74. The number of fused-ring (bicyclic) bond motifs is 4. The number of piperidine rings is 1. The van der Waals surface area contributed by atoms with Crippen LogP contribution < -0.4 is 5.32 Å². The molecule has 1 aromatic heterocycles. The zero-order chi connectivity index (χ0) is 21.4. The van der Waals surface area contributed by atoms with Crippen LogP contribution in [0.2, 0.25) is 0 Å². The molecule has 0 amide bonds. The van der Waals surface area contributed by atoms with Gasteiger partial charge in [-0.3, -0.25) is 0 Å². The Morgan fingerprint density at radius 2 is 1.97 bits per heavy atom. The SMILES string of the molecule is C=C(Sc1ccccn1)[C@H]1CCC2=C3CCC4NCCC[C@]4(C)C3CC[C@@]21C.CC. The van der Waals surface area contributed by atoms with E-state index in [9.17, 15) is 0 Å². The maximum atomic E-state index is 4.54. The molecule has 0 aromatic carbocycles. The summed E-state index contributed by atoms with van der Waals surface area (Å²) in [4.78, 5) is 5.85. The first kappa shape index (κ1) is 22.1. The van der Waals surface area contributed by atoms with Crippen molar-refractivity contribution in [1.82, 2.24) is 10.3 Å². The molecule has 164 valence electrons. The first-order chi connectivity index (χ1) is 14.5. The van der Waals surface area contributed by atoms with Crippen LogP contribution >= 0.6 is 11.8 Å². The summed E-state index contributed by atoms with van der Waals surface area (Å²) in [6.07, 6.45) is 12.6. The Balaban J connectivity index is 0.00000106. The Morgan fingerprint density at radius 1 is 1.13 bits per heavy atom. The third-order valence-electron chi connectivity index (χ3n) is 8.74. The van der Waals surface area contributed by atoms with Crippen molar-refractivity contribution in [1.29, 1.82) is 0 Å². The number of hydrogen-bond acceptors (Lipinski definition) is 3. The normalized spacial score (nSPS) is 37.4. The van der Waals surface area contributed by atoms with Gasteiger partial charge < -0.3 is 5.32 Å². The Kier molecular flexibility index (Phi) is 6.51. The monoisotopic (exact) mass is 424 g/mol. The fraction of sp³-hybridized carbons (Fsp3) is 0.667. The molecule has 0 spiro atoms. The van der Waals surface area contributed by atoms with E-state index in [1.54, 1.807) is 11.8 Å². The lowest BCUT2D eigenvalue weighted by molar-refractivity contribution is 0.0442. The highest BCUT2D eigenvalue weighted by molar-refractivity contribution is 8.03. The number of pyridine rings is 1. The molecule has 1 saturated heterocycles. The summed E-state index contributed by atoms with van der Waals surface area (Å²) in [5.41, 5.74) is 4.52. The molecule has 3 aliphatic carbocycles. The van der Waals surface area contributed by atoms with E-state index in [1.165, 1.54) is 62.8 Å². The van der Waals surface area contributed by atoms with E-state index in [0.29, 0.717) is 16.7 Å². The first-order valence-electron chi connectivity index (χ1n) is 12.3. The highest BCUT2D eigenvalue weighted by Crippen LogP contribution is 2.64. The summed E-state index contributed by atoms with van der Waals surface area (Å²) in [6, 6.07) is 6.92. The number of rotatable bonds is 3. The average Bonchev–Trinajstić information content (AvgIpc) is 3.13. The molecular weight excluding hydrogens is 384 g/mol. The molecular formula is C27H40N2S. The molecule has 1 aliphatic heterocycles. The van der Waals surface area contributed by atoms with Gasteiger partial charge in [0.1, 0.15) is 5.03 Å². The maximum Gasteiger partial charge on any atom is 0.100 e. The lowest BCUT2D eigenvalue weighted by atomic mass is 9.52. The van der Waals surface area contributed by atoms with Crippen molar-refractivity contribution in [2.45, 2.75) is 90.1 Å². The van der Waals surface area contributed by atoms with Crippen LogP contribution in [-0.2, 0) is 0 Å². The molecule has 0 bridgehead atoms. The Morgan fingerprint density at radius 3 is 2.73 bits per heavy atom. The van der Waals surface area contributed by atoms with Gasteiger partial charge in [0.05, 0.1) is 0 Å². The van der Waals surface area contributed by atoms with Crippen LogP contribution in [0.15, 0.2) is 52.1 Å². The molecule has 2 nitrogen and oxygen atoms in total. The summed E-state index contributed by atoms with van der Waals surface area (Å²) in [5.74, 6) is 1.41. The Labute approximate surface area is 188 Å². The van der Waals surface area contributed by atoms with Crippen molar-refractivity contribution in [2.75, 3.05) is 6.54 Å². The van der Waals surface area contributed by atoms with E-state index in [-0.39, 0.29) is 0 Å². The van der Waals surface area contributed by atoms with Crippen LogP contribution in [0.3, 0.4) is 0 Å². The van der Waals surface area contributed by atoms with Gasteiger partial charge in [-0.25, -0.2) is 4.98 Å². The van der Waals surface area contributed by atoms with E-state index in [2.05, 4.69) is 42.9 Å². The smallest absolute Gasteiger partial charge is 0.100 e. The van der Waals surface area contributed by atoms with Crippen LogP contribution in [0.1, 0.15) is 79.1 Å². The van der Waals surface area contributed by atoms with Crippen LogP contribution in [0.25, 0.3) is 0 Å². The van der Waals surface area contributed by atoms with E-state index in [0.717, 1.165) is 17.0 Å². The number of thioether (sulfide) groups is 1. The molecule has 4 aliphatic rings. The van der Waals surface area contributed by atoms with Crippen LogP contribution in [0.5, 0.6) is 0 Å². The van der Waals surface area contributed by atoms with Crippen LogP contribution in [0.4, 0.5) is 0 Å². The van der Waals surface area contributed by atoms with E-state index in [1.807, 2.05) is 37.3 Å². The minimum Gasteiger partial charge on any atom is -0.313 e. The van der Waals surface area contributed by atoms with Crippen molar-refractivity contribution >= 4 is 11.8 Å². The Bertz CT molecular complexity index is 800. The van der Waals surface area contributed by atoms with Crippen molar-refractivity contribution in [3.05, 3.63) is 47.0 Å². The summed E-state index contributed by atoms with van der Waals surface area (Å²) in [6.45, 7) is 14.9. The maximum absolute atomic E-state index is 4.54. The molecule has 30 heavy (non-hydrogen) atoms. The summed E-state index contributed by atoms with van der Waals surface area (Å²) in [7, 11) is 0. The third kappa shape index (κ3) is 3.60. The molecule has 1 aromatic rings. The van der Waals surface area contributed by atoms with E-state index < -0.39 is 0 Å². The minimum absolute atomic E-state index is 0.329. The zero-order valence-electron chi connectivity index (χ0n) is 19.5. The lowest BCUT2D eigenvalue weighted by Crippen LogP contribution is -2.56. The Hall–Kier alpha value is -1.06. The number of allylic oxidation sites excluding steroid dienone is 3. The van der Waals surface area contributed by atoms with E-state index in [4.69, 9.17) is 0 Å². The zero-order valence-corrected chi connectivity index (χ0v) is 20.3. The van der Waals surface area contributed by atoms with Gasteiger partial charge in [0.15, 0.2) is 0 Å². The fourth-order valence-electron chi connectivity index (χ4n) is 7.27. The molecule has 5 rings (SSSR count). The largest absolute Gasteiger partial charge is 0.313 e. The van der Waals surface area contributed by atoms with Crippen molar-refractivity contribution in [2.24, 2.45) is 22.7 Å². The van der Waals surface area contributed by atoms with Gasteiger partial charge in [-0.05, 0) is 97.6 Å². The average molecular weight is 425 g/mol. The molecule has 5 atom stereocenters. The highest BCUT2D eigenvalue weighted by Gasteiger charge is 2.54. The standard InChI is InChI=1S/C25H34N2S.C2H6/c1-17(28-23-7-4-5-15-27-23)19-9-10-20-18-8-11-22-25(3,13-6-16-26-22)21(18)12-14-24(19,20)2;1-2/h4-5,7,15,19,21-22,26H,1,6,8-14,16H2,2-3H3;1-2H3/t19-,21?,22?,24-,25-;/m1./s1. The molecule has 3 heteroatoms. The van der Waals surface area contributed by atoms with Crippen LogP contribution in [-0.4, -0.2) is 17.6 Å². The van der Waals surface area contributed by atoms with Crippen LogP contribution in [0, 0.1) is 22.7 Å². The number of nitrogens with one attached hydrogen (secondary N) is 1. The molecule has 3 fully saturated rings. The van der Waals surface area contributed by atoms with Gasteiger partial charge in [-0.2, -0.15) is 0 Å². The second-order valence-corrected chi connectivity index (χ2v) is 11.1. The first-order valence-corrected chi connectivity index (χ1v) is 13.1. The molecule has 1 N–H and O–H groups in total. The predicted octanol–water partition coefficient (Wildman–Crippen LogP) is 7.39. The highest BCUT2D eigenvalue weighted by atomic mass is 32.2. The summed E-state index contributed by atoms with van der Waals surface area (Å²) in [5, 5.41) is 4.96. The molecule has 2 saturated carbocycles. The second-order valence-electron chi connectivity index (χ2n) is 9.99. The van der Waals surface area contributed by atoms with E-state index >= 15 is 0 Å². The molecule has 2 heterocycles. The second kappa shape index (κ2) is 8.82. The molecule has 2 unspecified atom stereocenters. The predicted molar refractivity (Wildman–Crippen MR) is 130 cm³/mol. The molecule has 0 radical (unpaired) electrons. The van der Waals surface area contributed by atoms with Gasteiger partial charge >= 0.3 is 0 Å². The lowest BCUT2D eigenvalue weighted by Gasteiger charge is -2.56. The van der Waals surface area contributed by atoms with Crippen molar-refractivity contribution in [3.63, 3.8) is 0 Å². The van der Waals surface area contributed by atoms with Gasteiger partial charge in [0.2, 0.25) is 0 Å². The van der Waals surface area contributed by atoms with Gasteiger partial charge in [0, 0.05) is 12.2 Å². The van der Waals surface area contributed by atoms with Gasteiger partial charge in [-0.15, -0.1) is 0 Å². The summed E-state index contributed by atoms with van der Waals surface area (Å²) >= 11 is 1.80. The van der Waals surface area contributed by atoms with Gasteiger partial charge in [0.25, 0.3) is 0 Å². The van der Waals surface area contributed by atoms with Crippen molar-refractivity contribution in [3.8, 4) is 0 Å². The minimum atomic E-state index is 0.329. The van der Waals surface area contributed by atoms with Gasteiger partial charge in [-0.1, -0.05) is 63.2 Å². The fourth-order valence-corrected chi connectivity index (χ4v) is 8.32.